The van der Waals surface area contributed by atoms with Crippen molar-refractivity contribution in [2.75, 3.05) is 13.2 Å². The van der Waals surface area contributed by atoms with Gasteiger partial charge in [0.1, 0.15) is 22.7 Å². The highest BCUT2D eigenvalue weighted by atomic mass is 19.3. The number of benzene rings is 1. The van der Waals surface area contributed by atoms with Crippen molar-refractivity contribution >= 4 is 18.0 Å². The fourth-order valence-corrected chi connectivity index (χ4v) is 4.08. The Kier molecular flexibility index (Phi) is 10.6. The molecule has 242 valence electrons. The number of esters is 1. The average molecular weight is 631 g/mol. The Hall–Kier alpha value is -4.75. The average Bonchev–Trinajstić information content (AvgIpc) is 3.70. The summed E-state index contributed by atoms with van der Waals surface area (Å²) < 4.78 is 52.9. The van der Waals surface area contributed by atoms with Gasteiger partial charge < -0.3 is 34.0 Å². The number of carbonyl (C=O) groups excluding carboxylic acids is 3. The predicted octanol–water partition coefficient (Wildman–Crippen LogP) is 5.82. The van der Waals surface area contributed by atoms with Crippen LogP contribution in [-0.4, -0.2) is 53.4 Å². The maximum absolute atomic E-state index is 13.0. The van der Waals surface area contributed by atoms with Gasteiger partial charge in [-0.1, -0.05) is 6.07 Å². The lowest BCUT2D eigenvalue weighted by Crippen LogP contribution is -2.34. The van der Waals surface area contributed by atoms with Crippen LogP contribution in [0.15, 0.2) is 40.8 Å². The predicted molar refractivity (Wildman–Crippen MR) is 156 cm³/mol. The highest BCUT2D eigenvalue weighted by Crippen LogP contribution is 2.37. The molecular weight excluding hydrogens is 594 g/mol. The van der Waals surface area contributed by atoms with Crippen molar-refractivity contribution < 1.29 is 46.5 Å². The van der Waals surface area contributed by atoms with Crippen LogP contribution in [0.1, 0.15) is 85.9 Å². The van der Waals surface area contributed by atoms with Crippen LogP contribution in [0.5, 0.6) is 11.5 Å². The van der Waals surface area contributed by atoms with Gasteiger partial charge in [0.2, 0.25) is 5.89 Å². The normalized spacial score (nSPS) is 13.6. The summed E-state index contributed by atoms with van der Waals surface area (Å²) >= 11 is 0. The summed E-state index contributed by atoms with van der Waals surface area (Å²) in [6, 6.07) is 7.91. The van der Waals surface area contributed by atoms with Gasteiger partial charge in [-0.2, -0.15) is 8.78 Å². The van der Waals surface area contributed by atoms with Crippen LogP contribution in [0.3, 0.4) is 0 Å². The smallest absolute Gasteiger partial charge is 0.408 e. The molecule has 1 aromatic carbocycles. The van der Waals surface area contributed by atoms with Crippen LogP contribution in [0.25, 0.3) is 11.5 Å². The first kappa shape index (κ1) is 33.1. The summed E-state index contributed by atoms with van der Waals surface area (Å²) in [5.41, 5.74) is -0.163. The number of alkyl carbamates (subject to hydrolysis) is 1. The molecule has 0 saturated heterocycles. The minimum Gasteiger partial charge on any atom is -0.489 e. The first-order chi connectivity index (χ1) is 21.3. The van der Waals surface area contributed by atoms with Crippen LogP contribution < -0.4 is 20.1 Å². The number of nitrogens with zero attached hydrogens (tertiary/aromatic N) is 2. The van der Waals surface area contributed by atoms with Crippen molar-refractivity contribution in [3.63, 3.8) is 0 Å². The third-order valence-corrected chi connectivity index (χ3v) is 6.31. The molecule has 12 nitrogen and oxygen atoms in total. The number of rotatable bonds is 13. The molecule has 0 spiro atoms. The van der Waals surface area contributed by atoms with Gasteiger partial charge in [-0.25, -0.2) is 19.6 Å². The molecule has 2 N–H and O–H groups in total. The van der Waals surface area contributed by atoms with Crippen molar-refractivity contribution in [1.82, 2.24) is 20.6 Å². The van der Waals surface area contributed by atoms with E-state index >= 15 is 0 Å². The molecule has 4 rings (SSSR count). The highest BCUT2D eigenvalue weighted by molar-refractivity contribution is 5.94. The number of nitrogens with one attached hydrogen (secondary N) is 2. The van der Waals surface area contributed by atoms with E-state index in [1.807, 2.05) is 0 Å². The van der Waals surface area contributed by atoms with Gasteiger partial charge in [0.25, 0.3) is 5.91 Å². The zero-order valence-electron chi connectivity index (χ0n) is 25.6. The number of hydrogen-bond donors (Lipinski definition) is 2. The molecule has 3 aromatic rings. The summed E-state index contributed by atoms with van der Waals surface area (Å²) in [6.45, 7) is 5.77. The standard InChI is InChI=1S/C31H36F2N4O8/c1-6-41-28(39)21-9-7-8-20(36-21)26(38)34-15-22-25(17(2)35-30(40)45-31(3,4)5)44-27(37-22)19-12-13-23(43-29(32)33)24(14-19)42-16-18-10-11-18/h7-9,12-14,17-18,29H,6,10-11,15-16H2,1-5H3,(H,34,38)(H,35,40). The van der Waals surface area contributed by atoms with E-state index in [0.717, 1.165) is 12.8 Å². The Morgan fingerprint density at radius 3 is 2.47 bits per heavy atom. The number of alkyl halides is 2. The Morgan fingerprint density at radius 2 is 1.80 bits per heavy atom. The van der Waals surface area contributed by atoms with Gasteiger partial charge >= 0.3 is 18.7 Å². The van der Waals surface area contributed by atoms with Gasteiger partial charge in [-0.15, -0.1) is 0 Å². The molecule has 0 radical (unpaired) electrons. The molecule has 2 heterocycles. The second-order valence-corrected chi connectivity index (χ2v) is 11.3. The molecule has 1 aliphatic carbocycles. The Labute approximate surface area is 258 Å². The maximum Gasteiger partial charge on any atom is 0.408 e. The lowest BCUT2D eigenvalue weighted by molar-refractivity contribution is -0.0515. The van der Waals surface area contributed by atoms with E-state index < -0.39 is 36.2 Å². The fraction of sp³-hybridized carbons (Fsp3) is 0.452. The first-order valence-electron chi connectivity index (χ1n) is 14.5. The van der Waals surface area contributed by atoms with Crippen molar-refractivity contribution in [2.45, 2.75) is 72.3 Å². The van der Waals surface area contributed by atoms with Crippen LogP contribution in [-0.2, 0) is 16.0 Å². The number of halogens is 2. The Morgan fingerprint density at radius 1 is 1.07 bits per heavy atom. The molecular formula is C31H36F2N4O8. The second kappa shape index (κ2) is 14.4. The van der Waals surface area contributed by atoms with E-state index in [1.165, 1.54) is 36.4 Å². The quantitative estimate of drug-likeness (QED) is 0.221. The van der Waals surface area contributed by atoms with Crippen LogP contribution in [0, 0.1) is 5.92 Å². The van der Waals surface area contributed by atoms with Gasteiger partial charge in [0, 0.05) is 5.56 Å². The number of amides is 2. The molecule has 2 amide bonds. The zero-order valence-corrected chi connectivity index (χ0v) is 25.6. The first-order valence-corrected chi connectivity index (χ1v) is 14.5. The molecule has 1 atom stereocenters. The summed E-state index contributed by atoms with van der Waals surface area (Å²) in [4.78, 5) is 46.2. The number of hydrogen-bond acceptors (Lipinski definition) is 10. The monoisotopic (exact) mass is 630 g/mol. The molecule has 1 fully saturated rings. The molecule has 0 aliphatic heterocycles. The van der Waals surface area contributed by atoms with E-state index in [2.05, 4.69) is 25.3 Å². The van der Waals surface area contributed by atoms with Crippen LogP contribution in [0.2, 0.25) is 0 Å². The van der Waals surface area contributed by atoms with E-state index in [0.29, 0.717) is 18.1 Å². The number of ether oxygens (including phenoxy) is 4. The second-order valence-electron chi connectivity index (χ2n) is 11.3. The lowest BCUT2D eigenvalue weighted by Gasteiger charge is -2.21. The van der Waals surface area contributed by atoms with Crippen molar-refractivity contribution in [3.05, 3.63) is 59.2 Å². The SMILES string of the molecule is CCOC(=O)c1cccc(C(=O)NCc2nc(-c3ccc(OC(F)F)c(OCC4CC4)c3)oc2C(C)NC(=O)OC(C)(C)C)n1. The molecule has 1 aliphatic rings. The number of aromatic nitrogens is 2. The van der Waals surface area contributed by atoms with Crippen molar-refractivity contribution in [1.29, 1.82) is 0 Å². The molecule has 1 saturated carbocycles. The van der Waals surface area contributed by atoms with Crippen molar-refractivity contribution in [2.24, 2.45) is 5.92 Å². The molecule has 14 heteroatoms. The fourth-order valence-electron chi connectivity index (χ4n) is 4.08. The topological polar surface area (TPSA) is 151 Å². The largest absolute Gasteiger partial charge is 0.489 e. The van der Waals surface area contributed by atoms with Gasteiger partial charge in [0.05, 0.1) is 25.8 Å². The number of carbonyl (C=O) groups is 3. The van der Waals surface area contributed by atoms with E-state index in [4.69, 9.17) is 18.6 Å². The zero-order chi connectivity index (χ0) is 32.7. The van der Waals surface area contributed by atoms with E-state index in [9.17, 15) is 23.2 Å². The van der Waals surface area contributed by atoms with Gasteiger partial charge in [0.15, 0.2) is 17.3 Å². The maximum atomic E-state index is 13.0. The van der Waals surface area contributed by atoms with E-state index in [-0.39, 0.29) is 53.4 Å². The summed E-state index contributed by atoms with van der Waals surface area (Å²) in [5.74, 6) is -0.666. The number of pyridine rings is 1. The highest BCUT2D eigenvalue weighted by Gasteiger charge is 2.27. The van der Waals surface area contributed by atoms with Crippen molar-refractivity contribution in [3.8, 4) is 23.0 Å². The summed E-state index contributed by atoms with van der Waals surface area (Å²) in [6.07, 6.45) is 1.29. The third-order valence-electron chi connectivity index (χ3n) is 6.31. The molecule has 45 heavy (non-hydrogen) atoms. The molecule has 1 unspecified atom stereocenters. The molecule has 0 bridgehead atoms. The lowest BCUT2D eigenvalue weighted by atomic mass is 10.2. The minimum atomic E-state index is -3.05. The Bertz CT molecular complexity index is 1520. The van der Waals surface area contributed by atoms with Gasteiger partial charge in [-0.05, 0) is 83.7 Å². The minimum absolute atomic E-state index is 0.0249. The molecule has 2 aromatic heterocycles. The Balaban J connectivity index is 1.61. The van der Waals surface area contributed by atoms with Gasteiger partial charge in [-0.3, -0.25) is 4.79 Å². The van der Waals surface area contributed by atoms with Crippen LogP contribution >= 0.6 is 0 Å². The number of oxazole rings is 1. The van der Waals surface area contributed by atoms with Crippen LogP contribution in [0.4, 0.5) is 13.6 Å². The third kappa shape index (κ3) is 9.62. The summed E-state index contributed by atoms with van der Waals surface area (Å²) in [7, 11) is 0. The van der Waals surface area contributed by atoms with E-state index in [1.54, 1.807) is 34.6 Å². The summed E-state index contributed by atoms with van der Waals surface area (Å²) in [5, 5.41) is 5.39.